The third-order valence-electron chi connectivity index (χ3n) is 6.94. The van der Waals surface area contributed by atoms with Crippen LogP contribution in [0.15, 0.2) is 47.4 Å². The van der Waals surface area contributed by atoms with Crippen molar-refractivity contribution in [1.29, 1.82) is 0 Å². The Morgan fingerprint density at radius 2 is 2.00 bits per heavy atom. The van der Waals surface area contributed by atoms with Crippen molar-refractivity contribution in [3.63, 3.8) is 0 Å². The molecular weight excluding hydrogens is 473 g/mol. The van der Waals surface area contributed by atoms with Gasteiger partial charge < -0.3 is 14.5 Å². The van der Waals surface area contributed by atoms with Crippen molar-refractivity contribution < 1.29 is 27.5 Å². The highest BCUT2D eigenvalue weighted by Gasteiger charge is 2.43. The standard InChI is InChI=1S/C26H25F3N4O3/c1-15-3-8-21(22-9-4-16(2)32-36-22)24(31-15)25(34)33-13-18-6-5-17(18)11-20(33)14-35-23-10-7-19(12-30-23)26(27,28)29/h3-4,7-8,10,12,17-18,20H,5-6,11,13-14H2,1-2H3. The Hall–Kier alpha value is -3.65. The fourth-order valence-corrected chi connectivity index (χ4v) is 4.80. The fraction of sp³-hybridized carbons (Fsp3) is 0.423. The van der Waals surface area contributed by atoms with E-state index in [2.05, 4.69) is 20.9 Å². The number of rotatable bonds is 5. The van der Waals surface area contributed by atoms with Crippen LogP contribution < -0.4 is 4.74 Å². The number of nitrogens with zero attached hydrogens (tertiary/aromatic N) is 4. The molecule has 2 fully saturated rings. The number of alkyl halides is 3. The van der Waals surface area contributed by atoms with Gasteiger partial charge in [0.2, 0.25) is 11.6 Å². The van der Waals surface area contributed by atoms with Crippen molar-refractivity contribution in [3.05, 3.63) is 64.8 Å². The maximum absolute atomic E-state index is 13.9. The van der Waals surface area contributed by atoms with Gasteiger partial charge in [0.25, 0.3) is 5.91 Å². The van der Waals surface area contributed by atoms with Crippen LogP contribution in [0.5, 0.6) is 5.88 Å². The summed E-state index contributed by atoms with van der Waals surface area (Å²) >= 11 is 0. The maximum atomic E-state index is 13.9. The second-order valence-electron chi connectivity index (χ2n) is 9.43. The Labute approximate surface area is 206 Å². The predicted molar refractivity (Wildman–Crippen MR) is 125 cm³/mol. The number of fused-ring (bicyclic) bond motifs is 1. The zero-order chi connectivity index (χ0) is 25.4. The zero-order valence-corrected chi connectivity index (χ0v) is 19.9. The minimum absolute atomic E-state index is 0.0830. The normalized spacial score (nSPS) is 23.1. The topological polar surface area (TPSA) is 76.9 Å². The number of carbonyl (C=O) groups is 1. The molecule has 3 atom stereocenters. The Morgan fingerprint density at radius 1 is 1.19 bits per heavy atom. The largest absolute Gasteiger partial charge is 0.475 e. The maximum Gasteiger partial charge on any atom is 0.417 e. The van der Waals surface area contributed by atoms with Gasteiger partial charge in [-0.1, -0.05) is 10.9 Å². The summed E-state index contributed by atoms with van der Waals surface area (Å²) in [6, 6.07) is 5.44. The smallest absolute Gasteiger partial charge is 0.417 e. The summed E-state index contributed by atoms with van der Waals surface area (Å²) < 4.78 is 44.3. The van der Waals surface area contributed by atoms with E-state index in [-0.39, 0.29) is 30.1 Å². The van der Waals surface area contributed by atoms with Crippen LogP contribution in [0, 0.1) is 18.8 Å². The predicted octanol–water partition coefficient (Wildman–Crippen LogP) is 5.03. The van der Waals surface area contributed by atoms with Crippen LogP contribution >= 0.6 is 0 Å². The molecule has 2 aromatic heterocycles. The highest BCUT2D eigenvalue weighted by molar-refractivity contribution is 5.98. The van der Waals surface area contributed by atoms with Crippen molar-refractivity contribution in [2.45, 2.75) is 45.3 Å². The lowest BCUT2D eigenvalue weighted by Gasteiger charge is -2.49. The molecule has 3 aliphatic rings. The van der Waals surface area contributed by atoms with Gasteiger partial charge in [-0.05, 0) is 63.1 Å². The molecule has 4 heterocycles. The summed E-state index contributed by atoms with van der Waals surface area (Å²) in [5.41, 5.74) is 4.26. The van der Waals surface area contributed by atoms with Crippen molar-refractivity contribution in [1.82, 2.24) is 14.9 Å². The molecule has 0 N–H and O–H groups in total. The molecule has 0 bridgehead atoms. The first-order valence-electron chi connectivity index (χ1n) is 11.8. The lowest BCUT2D eigenvalue weighted by atomic mass is 9.67. The lowest BCUT2D eigenvalue weighted by Crippen LogP contribution is -2.55. The van der Waals surface area contributed by atoms with Crippen LogP contribution in [0.2, 0.25) is 0 Å². The van der Waals surface area contributed by atoms with E-state index in [0.29, 0.717) is 41.1 Å². The highest BCUT2D eigenvalue weighted by atomic mass is 19.4. The number of pyridine rings is 2. The summed E-state index contributed by atoms with van der Waals surface area (Å²) in [5.74, 6) is 1.06. The number of hydrogen-bond donors (Lipinski definition) is 0. The molecule has 7 nitrogen and oxygen atoms in total. The minimum Gasteiger partial charge on any atom is -0.475 e. The molecule has 0 spiro atoms. The van der Waals surface area contributed by atoms with E-state index in [1.165, 1.54) is 6.07 Å². The van der Waals surface area contributed by atoms with Gasteiger partial charge in [-0.25, -0.2) is 9.97 Å². The van der Waals surface area contributed by atoms with Gasteiger partial charge in [0.1, 0.15) is 12.3 Å². The van der Waals surface area contributed by atoms with Crippen molar-refractivity contribution in [3.8, 4) is 5.88 Å². The van der Waals surface area contributed by atoms with Crippen molar-refractivity contribution in [2.24, 2.45) is 17.0 Å². The van der Waals surface area contributed by atoms with Crippen LogP contribution in [0.4, 0.5) is 13.2 Å². The summed E-state index contributed by atoms with van der Waals surface area (Å²) in [7, 11) is 0. The average Bonchev–Trinajstić information content (AvgIpc) is 2.84. The van der Waals surface area contributed by atoms with E-state index in [1.807, 2.05) is 6.92 Å². The van der Waals surface area contributed by atoms with Gasteiger partial charge in [-0.15, -0.1) is 0 Å². The third-order valence-corrected chi connectivity index (χ3v) is 6.94. The third kappa shape index (κ3) is 4.86. The number of aromatic nitrogens is 2. The van der Waals surface area contributed by atoms with Crippen LogP contribution in [0.3, 0.4) is 0 Å². The Kier molecular flexibility index (Phi) is 6.30. The minimum atomic E-state index is -4.47. The van der Waals surface area contributed by atoms with E-state index >= 15 is 0 Å². The second-order valence-corrected chi connectivity index (χ2v) is 9.43. The molecule has 1 saturated carbocycles. The van der Waals surface area contributed by atoms with Gasteiger partial charge in [-0.2, -0.15) is 13.2 Å². The number of aryl methyl sites for hydroxylation is 1. The molecule has 188 valence electrons. The number of allylic oxidation sites excluding steroid dienone is 1. The van der Waals surface area contributed by atoms with Gasteiger partial charge in [0, 0.05) is 30.6 Å². The quantitative estimate of drug-likeness (QED) is 0.541. The molecule has 2 aliphatic heterocycles. The van der Waals surface area contributed by atoms with E-state index in [0.717, 1.165) is 31.5 Å². The first-order chi connectivity index (χ1) is 17.2. The molecule has 10 heteroatoms. The monoisotopic (exact) mass is 498 g/mol. The molecule has 0 radical (unpaired) electrons. The number of oxime groups is 1. The molecule has 1 aliphatic carbocycles. The Morgan fingerprint density at radius 3 is 2.64 bits per heavy atom. The molecule has 5 rings (SSSR count). The van der Waals surface area contributed by atoms with Gasteiger partial charge >= 0.3 is 6.18 Å². The van der Waals surface area contributed by atoms with E-state index in [9.17, 15) is 18.0 Å². The van der Waals surface area contributed by atoms with Gasteiger partial charge in [0.05, 0.1) is 22.9 Å². The van der Waals surface area contributed by atoms with Crippen molar-refractivity contribution >= 4 is 17.4 Å². The Balaban J connectivity index is 1.38. The SMILES string of the molecule is CC1=NOC(c2ccc(C)nc2C(=O)N2CC3CCC3CC2COc2ccc(C(F)(F)F)cn2)=C=C1. The fourth-order valence-electron chi connectivity index (χ4n) is 4.80. The zero-order valence-electron chi connectivity index (χ0n) is 19.9. The van der Waals surface area contributed by atoms with Gasteiger partial charge in [0.15, 0.2) is 0 Å². The molecular formula is C26H25F3N4O3. The van der Waals surface area contributed by atoms with Gasteiger partial charge in [-0.3, -0.25) is 4.79 Å². The summed E-state index contributed by atoms with van der Waals surface area (Å²) in [4.78, 5) is 29.4. The number of hydrogen-bond acceptors (Lipinski definition) is 6. The molecule has 3 unspecified atom stereocenters. The molecule has 36 heavy (non-hydrogen) atoms. The van der Waals surface area contributed by atoms with Crippen LogP contribution in [-0.2, 0) is 11.0 Å². The van der Waals surface area contributed by atoms with E-state index in [1.54, 1.807) is 30.0 Å². The van der Waals surface area contributed by atoms with E-state index < -0.39 is 11.7 Å². The molecule has 1 saturated heterocycles. The number of likely N-dealkylation sites (tertiary alicyclic amines) is 1. The number of amides is 1. The summed E-state index contributed by atoms with van der Waals surface area (Å²) in [5, 5.41) is 3.96. The first-order valence-corrected chi connectivity index (χ1v) is 11.8. The molecule has 2 aromatic rings. The van der Waals surface area contributed by atoms with Crippen molar-refractivity contribution in [2.75, 3.05) is 13.2 Å². The summed E-state index contributed by atoms with van der Waals surface area (Å²) in [6.07, 6.45) is 0.869. The number of carbonyl (C=O) groups excluding carboxylic acids is 1. The summed E-state index contributed by atoms with van der Waals surface area (Å²) in [6.45, 7) is 4.28. The number of piperidine rings is 1. The first kappa shape index (κ1) is 24.1. The molecule has 0 aromatic carbocycles. The second kappa shape index (κ2) is 9.43. The number of ether oxygens (including phenoxy) is 1. The number of halogens is 3. The Bertz CT molecular complexity index is 1270. The average molecular weight is 499 g/mol. The lowest BCUT2D eigenvalue weighted by molar-refractivity contribution is -0.137. The van der Waals surface area contributed by atoms with Crippen LogP contribution in [0.1, 0.15) is 53.5 Å². The van der Waals surface area contributed by atoms with Crippen LogP contribution in [-0.4, -0.2) is 45.7 Å². The molecule has 1 amide bonds. The van der Waals surface area contributed by atoms with E-state index in [4.69, 9.17) is 9.57 Å². The highest BCUT2D eigenvalue weighted by Crippen LogP contribution is 2.43. The van der Waals surface area contributed by atoms with Crippen LogP contribution in [0.25, 0.3) is 5.76 Å².